The lowest BCUT2D eigenvalue weighted by atomic mass is 10.1. The second kappa shape index (κ2) is 7.51. The molecule has 1 fully saturated rings. The van der Waals surface area contributed by atoms with Gasteiger partial charge in [-0.05, 0) is 35.5 Å². The van der Waals surface area contributed by atoms with Gasteiger partial charge in [0, 0.05) is 11.6 Å². The summed E-state index contributed by atoms with van der Waals surface area (Å²) in [6.07, 6.45) is 1.66. The number of furan rings is 1. The zero-order valence-electron chi connectivity index (χ0n) is 14.3. The van der Waals surface area contributed by atoms with Crippen molar-refractivity contribution in [1.29, 1.82) is 0 Å². The second-order valence-corrected chi connectivity index (χ2v) is 7.15. The predicted octanol–water partition coefficient (Wildman–Crippen LogP) is 0.196. The Bertz CT molecular complexity index is 957. The molecule has 4 rings (SSSR count). The Kier molecular flexibility index (Phi) is 4.93. The minimum Gasteiger partial charge on any atom is -0.545 e. The molecule has 1 aromatic heterocycles. The Balaban J connectivity index is 1.52. The van der Waals surface area contributed by atoms with Crippen LogP contribution in [0, 0.1) is 0 Å². The van der Waals surface area contributed by atoms with Gasteiger partial charge in [-0.1, -0.05) is 18.2 Å². The monoisotopic (exact) mass is 384 g/mol. The van der Waals surface area contributed by atoms with Crippen LogP contribution in [-0.4, -0.2) is 43.3 Å². The molecule has 2 aliphatic heterocycles. The Hall–Kier alpha value is -2.68. The number of amidine groups is 1. The van der Waals surface area contributed by atoms with Crippen LogP contribution in [0.2, 0.25) is 0 Å². The first-order valence-corrected chi connectivity index (χ1v) is 9.29. The lowest BCUT2D eigenvalue weighted by Gasteiger charge is -2.21. The fraction of sp³-hybridized carbons (Fsp3) is 0.211. The second-order valence-electron chi connectivity index (χ2n) is 6.12. The van der Waals surface area contributed by atoms with Gasteiger partial charge in [0.1, 0.15) is 24.6 Å². The molecule has 0 bridgehead atoms. The zero-order valence-corrected chi connectivity index (χ0v) is 15.1. The number of rotatable bonds is 3. The Labute approximate surface area is 159 Å². The lowest BCUT2D eigenvalue weighted by molar-refractivity contribution is -0.812. The quantitative estimate of drug-likeness (QED) is 0.760. The van der Waals surface area contributed by atoms with Gasteiger partial charge < -0.3 is 19.1 Å². The summed E-state index contributed by atoms with van der Waals surface area (Å²) in [5.74, 6) is -0.492. The maximum absolute atomic E-state index is 12.2. The zero-order chi connectivity index (χ0) is 18.8. The summed E-state index contributed by atoms with van der Waals surface area (Å²) in [6.45, 7) is 2.92. The van der Waals surface area contributed by atoms with E-state index in [4.69, 9.17) is 9.15 Å². The number of morpholine rings is 1. The van der Waals surface area contributed by atoms with Gasteiger partial charge in [0.2, 0.25) is 0 Å². The van der Waals surface area contributed by atoms with Crippen molar-refractivity contribution in [3.05, 3.63) is 52.6 Å². The fourth-order valence-corrected chi connectivity index (χ4v) is 3.90. The van der Waals surface area contributed by atoms with E-state index in [9.17, 15) is 14.7 Å². The topological polar surface area (TPSA) is 96.4 Å². The van der Waals surface area contributed by atoms with E-state index in [2.05, 4.69) is 4.99 Å². The molecule has 1 N–H and O–H groups in total. The number of ether oxygens (including phenoxy) is 1. The molecular formula is C19H16N2O5S. The maximum Gasteiger partial charge on any atom is 0.289 e. The maximum atomic E-state index is 12.2. The largest absolute Gasteiger partial charge is 0.545 e. The first-order valence-electron chi connectivity index (χ1n) is 8.47. The fourth-order valence-electron chi connectivity index (χ4n) is 2.91. The van der Waals surface area contributed by atoms with Crippen molar-refractivity contribution in [2.75, 3.05) is 26.3 Å². The van der Waals surface area contributed by atoms with Gasteiger partial charge in [-0.2, -0.15) is 0 Å². The number of nitrogens with one attached hydrogen (secondary N) is 1. The molecule has 0 radical (unpaired) electrons. The Morgan fingerprint density at radius 2 is 2.04 bits per heavy atom. The number of carbonyl (C=O) groups excluding carboxylic acids is 2. The van der Waals surface area contributed by atoms with Crippen LogP contribution >= 0.6 is 11.8 Å². The van der Waals surface area contributed by atoms with Crippen molar-refractivity contribution in [3.8, 4) is 11.3 Å². The molecule has 138 valence electrons. The number of aromatic carboxylic acids is 1. The summed E-state index contributed by atoms with van der Waals surface area (Å²) in [7, 11) is 0. The van der Waals surface area contributed by atoms with Crippen molar-refractivity contribution in [2.24, 2.45) is 4.99 Å². The molecule has 0 spiro atoms. The molecule has 8 heteroatoms. The molecule has 27 heavy (non-hydrogen) atoms. The van der Waals surface area contributed by atoms with Gasteiger partial charge in [-0.15, -0.1) is 4.99 Å². The van der Waals surface area contributed by atoms with Crippen LogP contribution in [0.25, 0.3) is 17.4 Å². The number of aliphatic imine (C=N–C) groups is 1. The average molecular weight is 384 g/mol. The van der Waals surface area contributed by atoms with E-state index in [0.717, 1.165) is 23.2 Å². The summed E-state index contributed by atoms with van der Waals surface area (Å²) < 4.78 is 11.1. The molecule has 3 heterocycles. The third-order valence-electron chi connectivity index (χ3n) is 4.30. The molecule has 7 nitrogen and oxygen atoms in total. The van der Waals surface area contributed by atoms with Crippen LogP contribution in [0.3, 0.4) is 0 Å². The van der Waals surface area contributed by atoms with E-state index in [0.29, 0.717) is 35.2 Å². The van der Waals surface area contributed by atoms with Gasteiger partial charge in [-0.3, -0.25) is 9.69 Å². The standard InChI is InChI=1S/C19H16N2O5S/c22-17-16(27-19(20-17)21-6-8-25-9-7-21)11-14-4-5-15(26-14)12-2-1-3-13(10-12)18(23)24/h1-5,10-11H,6-9H2,(H,23,24). The van der Waals surface area contributed by atoms with Gasteiger partial charge in [0.05, 0.1) is 24.1 Å². The highest BCUT2D eigenvalue weighted by Crippen LogP contribution is 2.29. The van der Waals surface area contributed by atoms with E-state index < -0.39 is 5.97 Å². The van der Waals surface area contributed by atoms with Gasteiger partial charge in [0.25, 0.3) is 11.1 Å². The van der Waals surface area contributed by atoms with Crippen molar-refractivity contribution in [2.45, 2.75) is 0 Å². The van der Waals surface area contributed by atoms with E-state index in [1.165, 1.54) is 23.9 Å². The van der Waals surface area contributed by atoms with Crippen molar-refractivity contribution in [3.63, 3.8) is 0 Å². The van der Waals surface area contributed by atoms with Crippen LogP contribution in [0.15, 0.2) is 50.7 Å². The number of nitrogens with zero attached hydrogens (tertiary/aromatic N) is 1. The predicted molar refractivity (Wildman–Crippen MR) is 98.0 cm³/mol. The number of carbonyl (C=O) groups is 2. The number of amides is 1. The van der Waals surface area contributed by atoms with E-state index in [-0.39, 0.29) is 11.5 Å². The summed E-state index contributed by atoms with van der Waals surface area (Å²) >= 11 is 1.35. The first kappa shape index (κ1) is 17.7. The highest BCUT2D eigenvalue weighted by Gasteiger charge is 2.31. The normalized spacial score (nSPS) is 19.5. The molecule has 2 aromatic rings. The molecule has 0 unspecified atom stereocenters. The third-order valence-corrected chi connectivity index (χ3v) is 5.39. The molecule has 0 atom stereocenters. The summed E-state index contributed by atoms with van der Waals surface area (Å²) in [6, 6.07) is 9.81. The van der Waals surface area contributed by atoms with Crippen molar-refractivity contribution < 1.29 is 28.7 Å². The van der Waals surface area contributed by atoms with Crippen molar-refractivity contribution in [1.82, 2.24) is 0 Å². The first-order chi connectivity index (χ1) is 13.1. The highest BCUT2D eigenvalue weighted by atomic mass is 32.2. The third kappa shape index (κ3) is 3.87. The molecular weight excluding hydrogens is 368 g/mol. The van der Waals surface area contributed by atoms with Crippen molar-refractivity contribution >= 4 is 34.9 Å². The Morgan fingerprint density at radius 1 is 1.22 bits per heavy atom. The number of hydrogen-bond acceptors (Lipinski definition) is 6. The number of quaternary nitrogens is 1. The minimum absolute atomic E-state index is 0.0804. The van der Waals surface area contributed by atoms with Gasteiger partial charge >= 0.3 is 0 Å². The lowest BCUT2D eigenvalue weighted by Crippen LogP contribution is -3.15. The number of hydrogen-bond donors (Lipinski definition) is 1. The minimum atomic E-state index is -1.24. The number of carboxylic acids is 1. The summed E-state index contributed by atoms with van der Waals surface area (Å²) in [5.41, 5.74) is 0.707. The van der Waals surface area contributed by atoms with Crippen LogP contribution in [0.1, 0.15) is 16.1 Å². The number of carboxylic acid groups (broad SMARTS) is 1. The van der Waals surface area contributed by atoms with Crippen LogP contribution in [-0.2, 0) is 9.53 Å². The van der Waals surface area contributed by atoms with Gasteiger partial charge in [0.15, 0.2) is 0 Å². The SMILES string of the molecule is O=C1N=C([NH+]2CCOCC2)SC1=Cc1ccc(-c2cccc(C(=O)[O-])c2)o1. The smallest absolute Gasteiger partial charge is 0.289 e. The highest BCUT2D eigenvalue weighted by molar-refractivity contribution is 8.18. The molecule has 2 aliphatic rings. The van der Waals surface area contributed by atoms with Gasteiger partial charge in [-0.25, -0.2) is 0 Å². The molecule has 1 saturated heterocycles. The average Bonchev–Trinajstić information content (AvgIpc) is 3.30. The number of thioether (sulfide) groups is 1. The summed E-state index contributed by atoms with van der Waals surface area (Å²) in [5, 5.41) is 11.8. The van der Waals surface area contributed by atoms with E-state index >= 15 is 0 Å². The number of benzene rings is 1. The molecule has 0 aliphatic carbocycles. The summed E-state index contributed by atoms with van der Waals surface area (Å²) in [4.78, 5) is 29.0. The van der Waals surface area contributed by atoms with Crippen LogP contribution in [0.5, 0.6) is 0 Å². The van der Waals surface area contributed by atoms with E-state index in [1.54, 1.807) is 30.3 Å². The Morgan fingerprint density at radius 3 is 2.81 bits per heavy atom. The molecule has 0 saturated carbocycles. The van der Waals surface area contributed by atoms with Crippen LogP contribution in [0.4, 0.5) is 0 Å². The van der Waals surface area contributed by atoms with E-state index in [1.807, 2.05) is 0 Å². The molecule has 1 aromatic carbocycles. The molecule has 1 amide bonds. The van der Waals surface area contributed by atoms with Crippen LogP contribution < -0.4 is 10.0 Å².